The van der Waals surface area contributed by atoms with Gasteiger partial charge in [0.1, 0.15) is 18.2 Å². The third-order valence-corrected chi connectivity index (χ3v) is 9.42. The average Bonchev–Trinajstić information content (AvgIpc) is 3.20. The van der Waals surface area contributed by atoms with Crippen LogP contribution in [0.1, 0.15) is 37.5 Å². The summed E-state index contributed by atoms with van der Waals surface area (Å²) in [5, 5.41) is 13.8. The zero-order chi connectivity index (χ0) is 26.7. The lowest BCUT2D eigenvalue weighted by molar-refractivity contribution is -0.660. The lowest BCUT2D eigenvalue weighted by Crippen LogP contribution is -2.40. The van der Waals surface area contributed by atoms with Gasteiger partial charge >= 0.3 is 0 Å². The van der Waals surface area contributed by atoms with Crippen LogP contribution in [0.15, 0.2) is 71.3 Å². The second-order valence-electron chi connectivity index (χ2n) is 12.2. The summed E-state index contributed by atoms with van der Waals surface area (Å²) < 4.78 is 8.95. The van der Waals surface area contributed by atoms with Crippen LogP contribution in [-0.2, 0) is 12.5 Å². The van der Waals surface area contributed by atoms with E-state index in [2.05, 4.69) is 126 Å². The highest BCUT2D eigenvalue weighted by Gasteiger charge is 2.29. The van der Waals surface area contributed by atoms with Gasteiger partial charge in [0, 0.05) is 28.5 Å². The number of aryl methyl sites for hydroxylation is 2. The number of furan rings is 1. The number of benzene rings is 3. The second-order valence-corrected chi connectivity index (χ2v) is 17.2. The maximum absolute atomic E-state index is 10.5. The molecule has 2 heterocycles. The van der Waals surface area contributed by atoms with Crippen LogP contribution < -0.4 is 9.75 Å². The number of pyridine rings is 1. The van der Waals surface area contributed by atoms with Gasteiger partial charge in [0.05, 0.1) is 25.3 Å². The van der Waals surface area contributed by atoms with E-state index in [9.17, 15) is 5.26 Å². The molecule has 0 radical (unpaired) electrons. The molecule has 37 heavy (non-hydrogen) atoms. The van der Waals surface area contributed by atoms with Crippen LogP contribution in [0.4, 0.5) is 0 Å². The van der Waals surface area contributed by atoms with Crippen molar-refractivity contribution in [2.75, 3.05) is 0 Å². The quantitative estimate of drug-likeness (QED) is 0.186. The molecule has 0 amide bonds. The number of fused-ring (bicyclic) bond motifs is 3. The Labute approximate surface area is 221 Å². The van der Waals surface area contributed by atoms with Gasteiger partial charge in [-0.05, 0) is 46.3 Å². The van der Waals surface area contributed by atoms with E-state index in [4.69, 9.17) is 4.42 Å². The Balaban J connectivity index is 1.94. The van der Waals surface area contributed by atoms with E-state index in [-0.39, 0.29) is 5.41 Å². The first kappa shape index (κ1) is 25.0. The van der Waals surface area contributed by atoms with Crippen LogP contribution in [0.3, 0.4) is 0 Å². The van der Waals surface area contributed by atoms with Crippen molar-refractivity contribution in [1.29, 1.82) is 5.26 Å². The summed E-state index contributed by atoms with van der Waals surface area (Å²) in [6.45, 7) is 15.7. The van der Waals surface area contributed by atoms with E-state index in [1.807, 2.05) is 6.07 Å². The molecule has 0 aliphatic rings. The minimum atomic E-state index is -1.85. The fourth-order valence-corrected chi connectivity index (χ4v) is 6.80. The summed E-state index contributed by atoms with van der Waals surface area (Å²) in [4.78, 5) is 0. The molecule has 5 rings (SSSR count). The van der Waals surface area contributed by atoms with Crippen LogP contribution >= 0.6 is 0 Å². The summed E-state index contributed by atoms with van der Waals surface area (Å²) in [6.07, 6.45) is 2.07. The Morgan fingerprint density at radius 2 is 1.54 bits per heavy atom. The molecule has 0 N–H and O–H groups in total. The van der Waals surface area contributed by atoms with Crippen molar-refractivity contribution in [2.45, 2.75) is 52.8 Å². The number of nitrogens with zero attached hydrogens (tertiary/aromatic N) is 2. The van der Waals surface area contributed by atoms with Crippen molar-refractivity contribution in [3.63, 3.8) is 0 Å². The van der Waals surface area contributed by atoms with Gasteiger partial charge in [-0.25, -0.2) is 4.57 Å². The van der Waals surface area contributed by atoms with Gasteiger partial charge in [-0.3, -0.25) is 0 Å². The molecular formula is C33H35N2OSi+. The van der Waals surface area contributed by atoms with Gasteiger partial charge < -0.3 is 4.42 Å². The van der Waals surface area contributed by atoms with Gasteiger partial charge in [0.2, 0.25) is 5.69 Å². The predicted molar refractivity (Wildman–Crippen MR) is 157 cm³/mol. The second kappa shape index (κ2) is 8.71. The van der Waals surface area contributed by atoms with Crippen molar-refractivity contribution in [1.82, 2.24) is 0 Å². The monoisotopic (exact) mass is 503 g/mol. The first-order chi connectivity index (χ1) is 17.4. The standard InChI is InChI=1S/C33H35N2OSi/c1-21-12-17-24-25-19-28(37(6,7)8)26(20-34)30(22-13-15-23(16-14-22)33(2,3)4)32(25)36-31(24)29(21)27-11-9-10-18-35(27)5/h9-19H,1-8H3/q+1. The van der Waals surface area contributed by atoms with Gasteiger partial charge in [0.25, 0.3) is 0 Å². The maximum atomic E-state index is 10.5. The summed E-state index contributed by atoms with van der Waals surface area (Å²) in [6, 6.07) is 24.1. The molecule has 0 spiro atoms. The number of hydrogen-bond donors (Lipinski definition) is 0. The summed E-state index contributed by atoms with van der Waals surface area (Å²) >= 11 is 0. The Kier molecular flexibility index (Phi) is 5.88. The number of nitriles is 1. The summed E-state index contributed by atoms with van der Waals surface area (Å²) in [7, 11) is 0.217. The van der Waals surface area contributed by atoms with Crippen molar-refractivity contribution in [2.24, 2.45) is 7.05 Å². The topological polar surface area (TPSA) is 40.8 Å². The van der Waals surface area contributed by atoms with Crippen molar-refractivity contribution >= 4 is 35.2 Å². The van der Waals surface area contributed by atoms with E-state index in [0.717, 1.165) is 55.4 Å². The normalized spacial score (nSPS) is 12.3. The van der Waals surface area contributed by atoms with Crippen LogP contribution in [-0.4, -0.2) is 8.07 Å². The molecule has 5 aromatic rings. The Hall–Kier alpha value is -3.68. The van der Waals surface area contributed by atoms with Crippen molar-refractivity contribution in [3.05, 3.63) is 83.6 Å². The van der Waals surface area contributed by atoms with Crippen LogP contribution in [0.25, 0.3) is 44.3 Å². The first-order valence-electron chi connectivity index (χ1n) is 12.9. The molecule has 0 saturated carbocycles. The van der Waals surface area contributed by atoms with Gasteiger partial charge in [-0.1, -0.05) is 76.8 Å². The molecular weight excluding hydrogens is 468 g/mol. The third kappa shape index (κ3) is 4.18. The van der Waals surface area contributed by atoms with Crippen LogP contribution in [0.2, 0.25) is 19.6 Å². The predicted octanol–water partition coefficient (Wildman–Crippen LogP) is 7.77. The highest BCUT2D eigenvalue weighted by molar-refractivity contribution is 6.89. The van der Waals surface area contributed by atoms with Gasteiger partial charge in [0.15, 0.2) is 6.20 Å². The number of aromatic nitrogens is 1. The molecule has 0 bridgehead atoms. The molecule has 0 unspecified atom stereocenters. The Morgan fingerprint density at radius 3 is 2.14 bits per heavy atom. The highest BCUT2D eigenvalue weighted by atomic mass is 28.3. The zero-order valence-electron chi connectivity index (χ0n) is 23.2. The lowest BCUT2D eigenvalue weighted by atomic mass is 9.86. The van der Waals surface area contributed by atoms with Gasteiger partial charge in [-0.2, -0.15) is 5.26 Å². The van der Waals surface area contributed by atoms with Crippen molar-refractivity contribution in [3.8, 4) is 28.5 Å². The fraction of sp³-hybridized carbons (Fsp3) is 0.273. The highest BCUT2D eigenvalue weighted by Crippen LogP contribution is 2.42. The molecule has 0 atom stereocenters. The molecule has 4 heteroatoms. The molecule has 0 saturated heterocycles. The van der Waals surface area contributed by atoms with Crippen molar-refractivity contribution < 1.29 is 8.98 Å². The van der Waals surface area contributed by atoms with E-state index in [0.29, 0.717) is 0 Å². The lowest BCUT2D eigenvalue weighted by Gasteiger charge is -2.22. The third-order valence-electron chi connectivity index (χ3n) is 7.41. The van der Waals surface area contributed by atoms with Crippen LogP contribution in [0.5, 0.6) is 0 Å². The molecule has 3 nitrogen and oxygen atoms in total. The molecule has 0 aliphatic heterocycles. The first-order valence-corrected chi connectivity index (χ1v) is 16.4. The minimum Gasteiger partial charge on any atom is -0.454 e. The fourth-order valence-electron chi connectivity index (χ4n) is 5.29. The van der Waals surface area contributed by atoms with Gasteiger partial charge in [-0.15, -0.1) is 0 Å². The van der Waals surface area contributed by atoms with Crippen LogP contribution in [0, 0.1) is 18.3 Å². The molecule has 3 aromatic carbocycles. The van der Waals surface area contributed by atoms with E-state index < -0.39 is 8.07 Å². The zero-order valence-corrected chi connectivity index (χ0v) is 24.2. The Morgan fingerprint density at radius 1 is 0.865 bits per heavy atom. The largest absolute Gasteiger partial charge is 0.454 e. The summed E-state index contributed by atoms with van der Waals surface area (Å²) in [5.74, 6) is 0. The smallest absolute Gasteiger partial charge is 0.216 e. The molecule has 2 aromatic heterocycles. The summed E-state index contributed by atoms with van der Waals surface area (Å²) in [5.41, 5.74) is 9.05. The molecule has 186 valence electrons. The number of hydrogen-bond acceptors (Lipinski definition) is 2. The minimum absolute atomic E-state index is 0.0586. The average molecular weight is 504 g/mol. The SMILES string of the molecule is Cc1ccc2c(oc3c(-c4ccc(C(C)(C)C)cc4)c(C#N)c([Si](C)(C)C)cc32)c1-c1cccc[n+]1C. The van der Waals surface area contributed by atoms with E-state index >= 15 is 0 Å². The van der Waals surface area contributed by atoms with E-state index in [1.165, 1.54) is 10.8 Å². The van der Waals surface area contributed by atoms with E-state index in [1.54, 1.807) is 0 Å². The molecule has 0 fully saturated rings. The maximum Gasteiger partial charge on any atom is 0.216 e. The molecule has 0 aliphatic carbocycles. The number of rotatable bonds is 3. The Bertz CT molecular complexity index is 1710.